The number of amides is 1. The van der Waals surface area contributed by atoms with Gasteiger partial charge in [0.15, 0.2) is 0 Å². The molecule has 1 fully saturated rings. The Balaban J connectivity index is 1.49. The molecule has 9 heteroatoms. The van der Waals surface area contributed by atoms with Gasteiger partial charge in [-0.1, -0.05) is 24.8 Å². The van der Waals surface area contributed by atoms with E-state index in [4.69, 9.17) is 9.47 Å². The van der Waals surface area contributed by atoms with Crippen LogP contribution in [0.15, 0.2) is 73.4 Å². The van der Waals surface area contributed by atoms with E-state index in [1.165, 1.54) is 12.1 Å². The molecule has 1 saturated heterocycles. The van der Waals surface area contributed by atoms with E-state index >= 15 is 4.39 Å². The van der Waals surface area contributed by atoms with E-state index in [2.05, 4.69) is 32.5 Å². The molecule has 188 valence electrons. The minimum absolute atomic E-state index is 0.0498. The number of aromatic nitrogens is 2. The van der Waals surface area contributed by atoms with Crippen LogP contribution in [0, 0.1) is 5.82 Å². The molecule has 0 spiro atoms. The van der Waals surface area contributed by atoms with E-state index in [1.54, 1.807) is 43.6 Å². The molecule has 3 aromatic carbocycles. The Morgan fingerprint density at radius 3 is 2.92 bits per heavy atom. The number of fused-ring (bicyclic) bond motifs is 1. The summed E-state index contributed by atoms with van der Waals surface area (Å²) in [6.45, 7) is 5.69. The molecule has 1 aliphatic heterocycles. The third-order valence-corrected chi connectivity index (χ3v) is 6.08. The number of nitrogens with zero attached hydrogens (tertiary/aromatic N) is 2. The Morgan fingerprint density at radius 2 is 2.14 bits per heavy atom. The van der Waals surface area contributed by atoms with Crippen molar-refractivity contribution in [3.8, 4) is 16.9 Å². The molecular weight excluding hydrogens is 473 g/mol. The van der Waals surface area contributed by atoms with E-state index in [0.29, 0.717) is 45.8 Å². The first-order valence-corrected chi connectivity index (χ1v) is 11.8. The van der Waals surface area contributed by atoms with E-state index in [-0.39, 0.29) is 18.0 Å². The molecule has 4 aromatic rings. The van der Waals surface area contributed by atoms with Crippen molar-refractivity contribution in [1.82, 2.24) is 15.3 Å². The summed E-state index contributed by atoms with van der Waals surface area (Å²) in [5.74, 6) is 0.112. The lowest BCUT2D eigenvalue weighted by atomic mass is 10.0. The summed E-state index contributed by atoms with van der Waals surface area (Å²) >= 11 is 0. The van der Waals surface area contributed by atoms with Crippen LogP contribution >= 0.6 is 0 Å². The van der Waals surface area contributed by atoms with Gasteiger partial charge >= 0.3 is 0 Å². The zero-order valence-corrected chi connectivity index (χ0v) is 20.3. The Hall–Kier alpha value is -4.34. The number of morpholine rings is 1. The van der Waals surface area contributed by atoms with Gasteiger partial charge in [0.25, 0.3) is 0 Å². The van der Waals surface area contributed by atoms with Crippen molar-refractivity contribution in [2.75, 3.05) is 37.4 Å². The van der Waals surface area contributed by atoms with E-state index in [0.717, 1.165) is 18.7 Å². The Kier molecular flexibility index (Phi) is 7.07. The standard InChI is InChI=1S/C28H26FN5O3/c1-3-25(35)32-20-6-4-5-18(13-20)26-21(29)9-7-19-15-31-28(34-27(19)26)33-22-10-8-17(14-23(22)36-2)24-16-30-11-12-37-24/h3-10,13-15,24,30H,1,11-12,16H2,2H3,(H,32,35)(H,31,33,34). The molecule has 5 rings (SSSR count). The van der Waals surface area contributed by atoms with Gasteiger partial charge in [0.2, 0.25) is 11.9 Å². The second-order valence-corrected chi connectivity index (χ2v) is 8.48. The number of anilines is 3. The van der Waals surface area contributed by atoms with E-state index < -0.39 is 5.82 Å². The fourth-order valence-electron chi connectivity index (χ4n) is 4.26. The molecule has 2 heterocycles. The lowest BCUT2D eigenvalue weighted by molar-refractivity contribution is -0.111. The highest BCUT2D eigenvalue weighted by Gasteiger charge is 2.18. The van der Waals surface area contributed by atoms with Gasteiger partial charge in [-0.3, -0.25) is 4.79 Å². The fraction of sp³-hybridized carbons (Fsp3) is 0.179. The monoisotopic (exact) mass is 499 g/mol. The summed E-state index contributed by atoms with van der Waals surface area (Å²) in [7, 11) is 1.59. The molecule has 0 aliphatic carbocycles. The smallest absolute Gasteiger partial charge is 0.247 e. The molecule has 1 unspecified atom stereocenters. The van der Waals surface area contributed by atoms with Gasteiger partial charge in [0.1, 0.15) is 11.6 Å². The number of carbonyl (C=O) groups excluding carboxylic acids is 1. The van der Waals surface area contributed by atoms with Crippen LogP contribution in [-0.2, 0) is 9.53 Å². The van der Waals surface area contributed by atoms with Crippen LogP contribution in [0.1, 0.15) is 11.7 Å². The van der Waals surface area contributed by atoms with Gasteiger partial charge in [-0.05, 0) is 53.6 Å². The van der Waals surface area contributed by atoms with Crippen LogP contribution < -0.4 is 20.7 Å². The summed E-state index contributed by atoms with van der Waals surface area (Å²) in [6, 6.07) is 15.7. The van der Waals surface area contributed by atoms with Crippen molar-refractivity contribution in [2.24, 2.45) is 0 Å². The van der Waals surface area contributed by atoms with Crippen LogP contribution in [0.4, 0.5) is 21.7 Å². The van der Waals surface area contributed by atoms with Crippen molar-refractivity contribution in [3.05, 3.63) is 84.8 Å². The van der Waals surface area contributed by atoms with E-state index in [1.807, 2.05) is 18.2 Å². The summed E-state index contributed by atoms with van der Waals surface area (Å²) in [5, 5.41) is 9.89. The molecule has 8 nitrogen and oxygen atoms in total. The number of benzene rings is 3. The van der Waals surface area contributed by atoms with Gasteiger partial charge in [0, 0.05) is 35.9 Å². The Labute approximate surface area is 213 Å². The van der Waals surface area contributed by atoms with Crippen LogP contribution in [-0.4, -0.2) is 42.7 Å². The predicted molar refractivity (Wildman–Crippen MR) is 142 cm³/mol. The number of hydrogen-bond acceptors (Lipinski definition) is 7. The largest absolute Gasteiger partial charge is 0.495 e. The van der Waals surface area contributed by atoms with Gasteiger partial charge in [-0.15, -0.1) is 0 Å². The van der Waals surface area contributed by atoms with Crippen molar-refractivity contribution in [3.63, 3.8) is 0 Å². The number of nitrogens with one attached hydrogen (secondary N) is 3. The predicted octanol–water partition coefficient (Wildman–Crippen LogP) is 4.97. The van der Waals surface area contributed by atoms with Crippen LogP contribution in [0.3, 0.4) is 0 Å². The SMILES string of the molecule is C=CC(=O)Nc1cccc(-c2c(F)ccc3cnc(Nc4ccc(C5CNCCO5)cc4OC)nc23)c1. The van der Waals surface area contributed by atoms with Gasteiger partial charge < -0.3 is 25.4 Å². The van der Waals surface area contributed by atoms with Crippen molar-refractivity contribution < 1.29 is 18.7 Å². The van der Waals surface area contributed by atoms with Crippen molar-refractivity contribution in [1.29, 1.82) is 0 Å². The number of methoxy groups -OCH3 is 1. The van der Waals surface area contributed by atoms with Gasteiger partial charge in [-0.25, -0.2) is 14.4 Å². The highest BCUT2D eigenvalue weighted by atomic mass is 19.1. The molecule has 37 heavy (non-hydrogen) atoms. The molecule has 1 atom stereocenters. The first-order chi connectivity index (χ1) is 18.1. The maximum Gasteiger partial charge on any atom is 0.247 e. The van der Waals surface area contributed by atoms with E-state index in [9.17, 15) is 4.79 Å². The summed E-state index contributed by atoms with van der Waals surface area (Å²) in [6.07, 6.45) is 2.77. The molecule has 3 N–H and O–H groups in total. The second kappa shape index (κ2) is 10.7. The van der Waals surface area contributed by atoms with Gasteiger partial charge in [0.05, 0.1) is 31.0 Å². The molecule has 1 aromatic heterocycles. The number of hydrogen-bond donors (Lipinski definition) is 3. The van der Waals surface area contributed by atoms with Gasteiger partial charge in [-0.2, -0.15) is 0 Å². The van der Waals surface area contributed by atoms with Crippen molar-refractivity contribution >= 4 is 34.1 Å². The summed E-state index contributed by atoms with van der Waals surface area (Å²) in [5.41, 5.74) is 3.50. The number of halogens is 1. The number of rotatable bonds is 7. The van der Waals surface area contributed by atoms with Crippen molar-refractivity contribution in [2.45, 2.75) is 6.10 Å². The average Bonchev–Trinajstić information content (AvgIpc) is 2.93. The minimum atomic E-state index is -0.438. The quantitative estimate of drug-likeness (QED) is 0.309. The Morgan fingerprint density at radius 1 is 1.24 bits per heavy atom. The Bertz CT molecular complexity index is 1470. The molecule has 0 radical (unpaired) electrons. The molecule has 0 saturated carbocycles. The minimum Gasteiger partial charge on any atom is -0.495 e. The van der Waals surface area contributed by atoms with Crippen LogP contribution in [0.5, 0.6) is 5.75 Å². The molecule has 0 bridgehead atoms. The maximum absolute atomic E-state index is 15.1. The van der Waals surface area contributed by atoms with Crippen LogP contribution in [0.25, 0.3) is 22.0 Å². The summed E-state index contributed by atoms with van der Waals surface area (Å²) < 4.78 is 26.6. The van der Waals surface area contributed by atoms with Crippen LogP contribution in [0.2, 0.25) is 0 Å². The number of carbonyl (C=O) groups is 1. The summed E-state index contributed by atoms with van der Waals surface area (Å²) in [4.78, 5) is 20.8. The average molecular weight is 500 g/mol. The fourth-order valence-corrected chi connectivity index (χ4v) is 4.26. The highest BCUT2D eigenvalue weighted by Crippen LogP contribution is 2.34. The topological polar surface area (TPSA) is 97.4 Å². The lowest BCUT2D eigenvalue weighted by Crippen LogP contribution is -2.33. The highest BCUT2D eigenvalue weighted by molar-refractivity contribution is 6.00. The lowest BCUT2D eigenvalue weighted by Gasteiger charge is -2.24. The maximum atomic E-state index is 15.1. The molecule has 1 aliphatic rings. The zero-order valence-electron chi connectivity index (χ0n) is 20.3. The molecule has 1 amide bonds. The first kappa shape index (κ1) is 24.4. The third kappa shape index (κ3) is 5.28. The zero-order chi connectivity index (χ0) is 25.8. The third-order valence-electron chi connectivity index (χ3n) is 6.08. The molecular formula is C28H26FN5O3. The number of ether oxygens (including phenoxy) is 2. The normalized spacial score (nSPS) is 15.2. The second-order valence-electron chi connectivity index (χ2n) is 8.48. The first-order valence-electron chi connectivity index (χ1n) is 11.8.